The molecule has 1 saturated carbocycles. The van der Waals surface area contributed by atoms with Crippen molar-refractivity contribution in [2.45, 2.75) is 108 Å². The predicted octanol–water partition coefficient (Wildman–Crippen LogP) is 3.41. The van der Waals surface area contributed by atoms with Crippen LogP contribution in [0.25, 0.3) is 0 Å². The molecule has 3 fully saturated rings. The molecule has 0 bridgehead atoms. The quantitative estimate of drug-likeness (QED) is 0.363. The summed E-state index contributed by atoms with van der Waals surface area (Å²) in [5, 5.41) is 15.7. The number of hydrogen-bond acceptors (Lipinski definition) is 10. The molecular formula is C39H55N5O10. The summed E-state index contributed by atoms with van der Waals surface area (Å²) in [5.41, 5.74) is -0.194. The van der Waals surface area contributed by atoms with Crippen molar-refractivity contribution in [1.82, 2.24) is 25.3 Å². The number of carbonyl (C=O) groups excluding carboxylic acids is 4. The molecule has 3 N–H and O–H groups in total. The van der Waals surface area contributed by atoms with Gasteiger partial charge in [-0.2, -0.15) is 0 Å². The number of hydrogen-bond donors (Lipinski definition) is 3. The Labute approximate surface area is 316 Å². The van der Waals surface area contributed by atoms with Gasteiger partial charge >= 0.3 is 18.2 Å². The molecule has 1 unspecified atom stereocenters. The minimum atomic E-state index is -1.48. The summed E-state index contributed by atoms with van der Waals surface area (Å²) in [4.78, 5) is 73.4. The lowest BCUT2D eigenvalue weighted by molar-refractivity contribution is -0.145. The van der Waals surface area contributed by atoms with Crippen LogP contribution in [-0.4, -0.2) is 132 Å². The standard InChI is InChI=1S/C39H55N5O10/c1-38(2,3)54-36(49)40-30-11-9-7-5-6-8-10-26-22-39(26,35(47)48)41-33(45)31-21-28(23-44(31)34(30)46)53-37(50)43-15-14-25-20-27(51-4)12-13-29(25)32(43)24-42-16-18-52-19-17-42/h8,10,12-13,20,26,28,30-32H,5-7,9,11,14-19,21-24H2,1-4H3,(H,40,49)(H,41,45)(H,47,48)/b10-8+/t26-,28-,30+,31+,32?,39-/m1/s1. The monoisotopic (exact) mass is 753 g/mol. The molecule has 4 heterocycles. The first-order valence-electron chi connectivity index (χ1n) is 19.2. The number of rotatable bonds is 6. The average Bonchev–Trinajstić information content (AvgIpc) is 3.67. The van der Waals surface area contributed by atoms with Crippen molar-refractivity contribution in [3.63, 3.8) is 0 Å². The summed E-state index contributed by atoms with van der Waals surface area (Å²) in [7, 11) is 1.62. The predicted molar refractivity (Wildman–Crippen MR) is 196 cm³/mol. The van der Waals surface area contributed by atoms with E-state index in [1.807, 2.05) is 30.4 Å². The van der Waals surface area contributed by atoms with Crippen LogP contribution in [0, 0.1) is 5.92 Å². The maximum absolute atomic E-state index is 14.4. The van der Waals surface area contributed by atoms with E-state index in [4.69, 9.17) is 18.9 Å². The Morgan fingerprint density at radius 2 is 1.87 bits per heavy atom. The highest BCUT2D eigenvalue weighted by molar-refractivity contribution is 5.96. The number of methoxy groups -OCH3 is 1. The van der Waals surface area contributed by atoms with Gasteiger partial charge in [-0.3, -0.25) is 19.4 Å². The molecule has 6 rings (SSSR count). The smallest absolute Gasteiger partial charge is 0.410 e. The van der Waals surface area contributed by atoms with Crippen LogP contribution in [0.3, 0.4) is 0 Å². The number of amides is 4. The van der Waals surface area contributed by atoms with Crippen molar-refractivity contribution < 1.29 is 48.0 Å². The van der Waals surface area contributed by atoms with Crippen LogP contribution in [0.4, 0.5) is 9.59 Å². The fraction of sp³-hybridized carbons (Fsp3) is 0.667. The largest absolute Gasteiger partial charge is 0.497 e. The Morgan fingerprint density at radius 3 is 2.59 bits per heavy atom. The van der Waals surface area contributed by atoms with Crippen LogP contribution < -0.4 is 15.4 Å². The number of nitrogens with zero attached hydrogens (tertiary/aromatic N) is 3. The number of fused-ring (bicyclic) bond motifs is 3. The van der Waals surface area contributed by atoms with E-state index >= 15 is 0 Å². The lowest BCUT2D eigenvalue weighted by Gasteiger charge is -2.40. The highest BCUT2D eigenvalue weighted by Gasteiger charge is 2.61. The molecule has 0 radical (unpaired) electrons. The van der Waals surface area contributed by atoms with Crippen LogP contribution in [-0.2, 0) is 35.0 Å². The third-order valence-electron chi connectivity index (χ3n) is 11.1. The SMILES string of the molecule is COc1ccc2c(c1)CCN(C(=O)O[C@@H]1C[C@H]3C(=O)N[C@]4(C(=O)O)C[C@H]4/C=C/CCCCC[C@H](NC(=O)OC(C)(C)C)C(=O)N3C1)C2CN1CCOCC1. The van der Waals surface area contributed by atoms with Gasteiger partial charge in [0.15, 0.2) is 0 Å². The molecule has 0 aromatic heterocycles. The second kappa shape index (κ2) is 16.6. The number of morpholine rings is 1. The van der Waals surface area contributed by atoms with Crippen LogP contribution >= 0.6 is 0 Å². The topological polar surface area (TPSA) is 176 Å². The number of carbonyl (C=O) groups is 5. The van der Waals surface area contributed by atoms with E-state index in [-0.39, 0.29) is 31.3 Å². The van der Waals surface area contributed by atoms with Crippen molar-refractivity contribution in [3.8, 4) is 5.75 Å². The van der Waals surface area contributed by atoms with Gasteiger partial charge in [-0.1, -0.05) is 31.1 Å². The molecule has 4 amide bonds. The first-order valence-corrected chi connectivity index (χ1v) is 19.2. The van der Waals surface area contributed by atoms with Crippen molar-refractivity contribution in [2.24, 2.45) is 5.92 Å². The maximum Gasteiger partial charge on any atom is 0.410 e. The van der Waals surface area contributed by atoms with Gasteiger partial charge in [0.1, 0.15) is 35.1 Å². The van der Waals surface area contributed by atoms with Gasteiger partial charge in [0.2, 0.25) is 11.8 Å². The molecule has 2 saturated heterocycles. The zero-order valence-electron chi connectivity index (χ0n) is 31.8. The van der Waals surface area contributed by atoms with E-state index in [1.165, 1.54) is 4.90 Å². The van der Waals surface area contributed by atoms with Crippen molar-refractivity contribution >= 4 is 30.0 Å². The van der Waals surface area contributed by atoms with E-state index in [0.717, 1.165) is 49.2 Å². The molecule has 1 aromatic carbocycles. The summed E-state index contributed by atoms with van der Waals surface area (Å²) in [5.74, 6) is -1.94. The van der Waals surface area contributed by atoms with Gasteiger partial charge in [-0.05, 0) is 76.1 Å². The number of aliphatic carboxylic acids is 1. The molecule has 6 atom stereocenters. The lowest BCUT2D eigenvalue weighted by Crippen LogP contribution is -2.56. The highest BCUT2D eigenvalue weighted by Crippen LogP contribution is 2.45. The van der Waals surface area contributed by atoms with E-state index in [1.54, 1.807) is 32.8 Å². The number of ether oxygens (including phenoxy) is 4. The molecule has 4 aliphatic heterocycles. The van der Waals surface area contributed by atoms with Crippen LogP contribution in [0.2, 0.25) is 0 Å². The molecular weight excluding hydrogens is 698 g/mol. The van der Waals surface area contributed by atoms with Crippen LogP contribution in [0.15, 0.2) is 30.4 Å². The van der Waals surface area contributed by atoms with E-state index in [0.29, 0.717) is 45.6 Å². The number of carboxylic acids is 1. The molecule has 15 nitrogen and oxygen atoms in total. The number of alkyl carbamates (subject to hydrolysis) is 1. The Balaban J connectivity index is 1.25. The second-order valence-corrected chi connectivity index (χ2v) is 16.0. The first kappa shape index (κ1) is 39.3. The molecule has 0 spiro atoms. The van der Waals surface area contributed by atoms with Crippen molar-refractivity contribution in [3.05, 3.63) is 41.5 Å². The highest BCUT2D eigenvalue weighted by atomic mass is 16.6. The van der Waals surface area contributed by atoms with Crippen LogP contribution in [0.1, 0.15) is 82.9 Å². The molecule has 1 aliphatic carbocycles. The van der Waals surface area contributed by atoms with Gasteiger partial charge in [-0.25, -0.2) is 14.4 Å². The molecule has 5 aliphatic rings. The van der Waals surface area contributed by atoms with Crippen LogP contribution in [0.5, 0.6) is 5.75 Å². The Morgan fingerprint density at radius 1 is 1.09 bits per heavy atom. The first-order chi connectivity index (χ1) is 25.8. The fourth-order valence-electron chi connectivity index (χ4n) is 8.07. The third-order valence-corrected chi connectivity index (χ3v) is 11.1. The summed E-state index contributed by atoms with van der Waals surface area (Å²) in [6.45, 7) is 8.71. The summed E-state index contributed by atoms with van der Waals surface area (Å²) < 4.78 is 22.7. The minimum Gasteiger partial charge on any atom is -0.497 e. The Kier molecular flexibility index (Phi) is 12.1. The summed E-state index contributed by atoms with van der Waals surface area (Å²) in [6.07, 6.45) is 5.65. The Bertz CT molecular complexity index is 1610. The molecule has 54 heavy (non-hydrogen) atoms. The lowest BCUT2D eigenvalue weighted by atomic mass is 9.92. The van der Waals surface area contributed by atoms with E-state index < -0.39 is 59.3 Å². The van der Waals surface area contributed by atoms with E-state index in [2.05, 4.69) is 15.5 Å². The molecule has 296 valence electrons. The average molecular weight is 754 g/mol. The summed E-state index contributed by atoms with van der Waals surface area (Å²) in [6, 6.07) is 3.41. The van der Waals surface area contributed by atoms with Crippen molar-refractivity contribution in [1.29, 1.82) is 0 Å². The minimum absolute atomic E-state index is 0.0333. The number of nitrogens with one attached hydrogen (secondary N) is 2. The molecule has 15 heteroatoms. The zero-order chi connectivity index (χ0) is 38.6. The maximum atomic E-state index is 14.4. The third kappa shape index (κ3) is 9.11. The summed E-state index contributed by atoms with van der Waals surface area (Å²) >= 11 is 0. The van der Waals surface area contributed by atoms with Gasteiger partial charge in [0.25, 0.3) is 0 Å². The second-order valence-electron chi connectivity index (χ2n) is 16.0. The normalized spacial score (nSPS) is 30.0. The van der Waals surface area contributed by atoms with Gasteiger partial charge in [0, 0.05) is 38.5 Å². The fourth-order valence-corrected chi connectivity index (χ4v) is 8.07. The van der Waals surface area contributed by atoms with Gasteiger partial charge < -0.3 is 39.6 Å². The number of allylic oxidation sites excluding steroid dienone is 1. The number of carboxylic acid groups (broad SMARTS) is 1. The van der Waals surface area contributed by atoms with Gasteiger partial charge in [-0.15, -0.1) is 0 Å². The zero-order valence-corrected chi connectivity index (χ0v) is 31.8. The molecule has 1 aromatic rings. The number of benzene rings is 1. The van der Waals surface area contributed by atoms with E-state index in [9.17, 15) is 29.1 Å². The Hall–Kier alpha value is -4.37. The van der Waals surface area contributed by atoms with Gasteiger partial charge in [0.05, 0.1) is 32.9 Å². The van der Waals surface area contributed by atoms with Crippen molar-refractivity contribution in [2.75, 3.05) is 53.0 Å².